The number of rotatable bonds is 4. The van der Waals surface area contributed by atoms with Gasteiger partial charge in [-0.3, -0.25) is 4.79 Å². The summed E-state index contributed by atoms with van der Waals surface area (Å²) in [5, 5.41) is 18.7. The minimum Gasteiger partial charge on any atom is -0.478 e. The number of hydrogen-bond donors (Lipinski definition) is 4. The molecule has 5 N–H and O–H groups in total. The van der Waals surface area contributed by atoms with Crippen LogP contribution in [0.3, 0.4) is 0 Å². The van der Waals surface area contributed by atoms with Gasteiger partial charge in [-0.25, -0.2) is 14.0 Å². The standard InChI is InChI=1S/C17H16FN3O5/c18-10-7-8(21-5-1-2-6-21)3-4-9(10)11-12(16(23)24)14(19)20-15(22)13(11)17(25)26/h3-4,7H,1-2,5-6H2,(H,23,24)(H,25,26)(H3,19,20,22). The van der Waals surface area contributed by atoms with Gasteiger partial charge in [0.25, 0.3) is 5.56 Å². The van der Waals surface area contributed by atoms with E-state index >= 15 is 0 Å². The fraction of sp³-hybridized carbons (Fsp3) is 0.235. The number of hydrogen-bond acceptors (Lipinski definition) is 5. The Hall–Kier alpha value is -3.36. The first kappa shape index (κ1) is 17.5. The van der Waals surface area contributed by atoms with Crippen LogP contribution in [0.2, 0.25) is 0 Å². The van der Waals surface area contributed by atoms with E-state index in [4.69, 9.17) is 5.73 Å². The van der Waals surface area contributed by atoms with Crippen molar-refractivity contribution in [2.24, 2.45) is 0 Å². The van der Waals surface area contributed by atoms with E-state index in [1.54, 1.807) is 6.07 Å². The first-order valence-corrected chi connectivity index (χ1v) is 7.88. The number of carboxylic acid groups (broad SMARTS) is 2. The van der Waals surface area contributed by atoms with Gasteiger partial charge < -0.3 is 25.8 Å². The first-order chi connectivity index (χ1) is 12.3. The van der Waals surface area contributed by atoms with Crippen LogP contribution in [0.15, 0.2) is 23.0 Å². The van der Waals surface area contributed by atoms with Crippen molar-refractivity contribution in [1.82, 2.24) is 4.98 Å². The van der Waals surface area contributed by atoms with E-state index in [0.717, 1.165) is 25.9 Å². The molecule has 1 saturated heterocycles. The quantitative estimate of drug-likeness (QED) is 0.651. The molecule has 136 valence electrons. The maximum absolute atomic E-state index is 14.8. The molecule has 0 atom stereocenters. The summed E-state index contributed by atoms with van der Waals surface area (Å²) in [5.74, 6) is -4.61. The molecular weight excluding hydrogens is 345 g/mol. The highest BCUT2D eigenvalue weighted by Gasteiger charge is 2.28. The Labute approximate surface area is 146 Å². The second-order valence-electron chi connectivity index (χ2n) is 5.96. The molecule has 2 heterocycles. The molecule has 8 nitrogen and oxygen atoms in total. The Morgan fingerprint density at radius 2 is 1.73 bits per heavy atom. The van der Waals surface area contributed by atoms with E-state index < -0.39 is 45.8 Å². The third kappa shape index (κ3) is 2.87. The number of nitrogens with zero attached hydrogens (tertiary/aromatic N) is 1. The van der Waals surface area contributed by atoms with Crippen molar-refractivity contribution < 1.29 is 24.2 Å². The van der Waals surface area contributed by atoms with E-state index in [0.29, 0.717) is 5.69 Å². The van der Waals surface area contributed by atoms with Crippen LogP contribution in [0.5, 0.6) is 0 Å². The van der Waals surface area contributed by atoms with Crippen molar-refractivity contribution in [3.8, 4) is 11.1 Å². The second-order valence-corrected chi connectivity index (χ2v) is 5.96. The zero-order chi connectivity index (χ0) is 19.0. The number of aromatic amines is 1. The van der Waals surface area contributed by atoms with Gasteiger partial charge in [0.05, 0.1) is 0 Å². The molecule has 0 amide bonds. The summed E-state index contributed by atoms with van der Waals surface area (Å²) in [4.78, 5) is 39.0. The van der Waals surface area contributed by atoms with Gasteiger partial charge >= 0.3 is 11.9 Å². The number of anilines is 2. The normalized spacial score (nSPS) is 13.8. The summed E-state index contributed by atoms with van der Waals surface area (Å²) in [6.45, 7) is 1.55. The van der Waals surface area contributed by atoms with Crippen molar-refractivity contribution >= 4 is 23.4 Å². The van der Waals surface area contributed by atoms with E-state index in [2.05, 4.69) is 0 Å². The summed E-state index contributed by atoms with van der Waals surface area (Å²) in [7, 11) is 0. The molecule has 1 aliphatic rings. The van der Waals surface area contributed by atoms with Gasteiger partial charge in [-0.05, 0) is 31.0 Å². The predicted molar refractivity (Wildman–Crippen MR) is 92.2 cm³/mol. The highest BCUT2D eigenvalue weighted by atomic mass is 19.1. The lowest BCUT2D eigenvalue weighted by Gasteiger charge is -2.19. The van der Waals surface area contributed by atoms with Gasteiger partial charge in [0, 0.05) is 29.9 Å². The summed E-state index contributed by atoms with van der Waals surface area (Å²) in [5.41, 5.74) is 2.68. The highest BCUT2D eigenvalue weighted by molar-refractivity contribution is 6.07. The Morgan fingerprint density at radius 1 is 1.12 bits per heavy atom. The minimum absolute atomic E-state index is 0.305. The van der Waals surface area contributed by atoms with E-state index in [1.807, 2.05) is 9.88 Å². The fourth-order valence-corrected chi connectivity index (χ4v) is 3.19. The number of H-pyrrole nitrogens is 1. The van der Waals surface area contributed by atoms with Crippen molar-refractivity contribution in [2.75, 3.05) is 23.7 Å². The van der Waals surface area contributed by atoms with Crippen LogP contribution in [0.1, 0.15) is 33.6 Å². The number of nitrogens with one attached hydrogen (secondary N) is 1. The van der Waals surface area contributed by atoms with Gasteiger partial charge in [0.2, 0.25) is 0 Å². The van der Waals surface area contributed by atoms with Crippen LogP contribution < -0.4 is 16.2 Å². The molecule has 26 heavy (non-hydrogen) atoms. The lowest BCUT2D eigenvalue weighted by atomic mass is 9.94. The number of nitrogen functional groups attached to an aromatic ring is 1. The second kappa shape index (κ2) is 6.51. The molecule has 3 rings (SSSR count). The largest absolute Gasteiger partial charge is 0.478 e. The molecular formula is C17H16FN3O5. The summed E-state index contributed by atoms with van der Waals surface area (Å²) >= 11 is 0. The monoisotopic (exact) mass is 361 g/mol. The smallest absolute Gasteiger partial charge is 0.342 e. The van der Waals surface area contributed by atoms with Crippen LogP contribution in [-0.4, -0.2) is 40.2 Å². The number of pyridine rings is 1. The Kier molecular flexibility index (Phi) is 4.37. The van der Waals surface area contributed by atoms with Crippen molar-refractivity contribution in [3.63, 3.8) is 0 Å². The molecule has 2 aromatic rings. The average molecular weight is 361 g/mol. The molecule has 0 radical (unpaired) electrons. The molecule has 0 saturated carbocycles. The first-order valence-electron chi connectivity index (χ1n) is 7.88. The maximum atomic E-state index is 14.8. The number of halogens is 1. The van der Waals surface area contributed by atoms with Crippen LogP contribution >= 0.6 is 0 Å². The zero-order valence-corrected chi connectivity index (χ0v) is 13.6. The molecule has 0 unspecified atom stereocenters. The number of carboxylic acids is 2. The molecule has 1 aromatic heterocycles. The van der Waals surface area contributed by atoms with Crippen molar-refractivity contribution in [3.05, 3.63) is 45.5 Å². The third-order valence-electron chi connectivity index (χ3n) is 4.37. The Bertz CT molecular complexity index is 964. The lowest BCUT2D eigenvalue weighted by Crippen LogP contribution is -2.24. The number of aromatic nitrogens is 1. The molecule has 0 bridgehead atoms. The lowest BCUT2D eigenvalue weighted by molar-refractivity contribution is 0.0695. The van der Waals surface area contributed by atoms with Crippen molar-refractivity contribution in [1.29, 1.82) is 0 Å². The van der Waals surface area contributed by atoms with Gasteiger partial charge in [-0.15, -0.1) is 0 Å². The van der Waals surface area contributed by atoms with E-state index in [-0.39, 0.29) is 5.56 Å². The molecule has 0 aliphatic carbocycles. The van der Waals surface area contributed by atoms with E-state index in [1.165, 1.54) is 12.1 Å². The highest BCUT2D eigenvalue weighted by Crippen LogP contribution is 2.33. The molecule has 0 spiro atoms. The van der Waals surface area contributed by atoms with Gasteiger partial charge in [0.1, 0.15) is 22.8 Å². The van der Waals surface area contributed by atoms with Crippen LogP contribution in [-0.2, 0) is 0 Å². The summed E-state index contributed by atoms with van der Waals surface area (Å²) in [6, 6.07) is 4.05. The summed E-state index contributed by atoms with van der Waals surface area (Å²) < 4.78 is 14.8. The molecule has 1 fully saturated rings. The Morgan fingerprint density at radius 3 is 2.27 bits per heavy atom. The zero-order valence-electron chi connectivity index (χ0n) is 13.6. The summed E-state index contributed by atoms with van der Waals surface area (Å²) in [6.07, 6.45) is 1.97. The minimum atomic E-state index is -1.67. The maximum Gasteiger partial charge on any atom is 0.342 e. The van der Waals surface area contributed by atoms with Gasteiger partial charge in [-0.2, -0.15) is 0 Å². The topological polar surface area (TPSA) is 137 Å². The molecule has 1 aromatic carbocycles. The number of carbonyl (C=O) groups is 2. The van der Waals surface area contributed by atoms with Crippen LogP contribution in [0, 0.1) is 5.82 Å². The number of aromatic carboxylic acids is 2. The third-order valence-corrected chi connectivity index (χ3v) is 4.37. The predicted octanol–water partition coefficient (Wildman–Crippen LogP) is 1.76. The SMILES string of the molecule is Nc1[nH]c(=O)c(C(=O)O)c(-c2ccc(N3CCCC3)cc2F)c1C(=O)O. The average Bonchev–Trinajstić information content (AvgIpc) is 3.07. The van der Waals surface area contributed by atoms with Crippen molar-refractivity contribution in [2.45, 2.75) is 12.8 Å². The Balaban J connectivity index is 2.27. The van der Waals surface area contributed by atoms with E-state index in [9.17, 15) is 29.0 Å². The van der Waals surface area contributed by atoms with Crippen LogP contribution in [0.4, 0.5) is 15.9 Å². The number of benzene rings is 1. The van der Waals surface area contributed by atoms with Gasteiger partial charge in [-0.1, -0.05) is 0 Å². The molecule has 9 heteroatoms. The number of nitrogens with two attached hydrogens (primary N) is 1. The van der Waals surface area contributed by atoms with Gasteiger partial charge in [0.15, 0.2) is 0 Å². The van der Waals surface area contributed by atoms with Crippen LogP contribution in [0.25, 0.3) is 11.1 Å². The molecule has 1 aliphatic heterocycles. The fourth-order valence-electron chi connectivity index (χ4n) is 3.19.